The average molecular weight is 266 g/mol. The van der Waals surface area contributed by atoms with E-state index in [0.29, 0.717) is 5.56 Å². The molecule has 0 amide bonds. The lowest BCUT2D eigenvalue weighted by molar-refractivity contribution is 0.104. The molecular formula is C18H18O2. The second kappa shape index (κ2) is 6.20. The standard InChI is InChI=1S/C18H18O2/c1-13-6-4-5-7-15(13)8-10-17(19)16-9-11-18(20-3)14(2)12-16/h4-12H,1-3H3/b10-8+. The maximum atomic E-state index is 12.2. The molecule has 0 spiro atoms. The van der Waals surface area contributed by atoms with E-state index in [-0.39, 0.29) is 5.78 Å². The van der Waals surface area contributed by atoms with Crippen LogP contribution in [0.4, 0.5) is 0 Å². The fourth-order valence-corrected chi connectivity index (χ4v) is 2.07. The van der Waals surface area contributed by atoms with Crippen LogP contribution in [0.3, 0.4) is 0 Å². The van der Waals surface area contributed by atoms with Crippen molar-refractivity contribution in [3.8, 4) is 5.75 Å². The molecular weight excluding hydrogens is 248 g/mol. The van der Waals surface area contributed by atoms with Crippen LogP contribution in [0.5, 0.6) is 5.75 Å². The number of hydrogen-bond acceptors (Lipinski definition) is 2. The van der Waals surface area contributed by atoms with E-state index < -0.39 is 0 Å². The zero-order valence-electron chi connectivity index (χ0n) is 12.0. The molecule has 2 rings (SSSR count). The van der Waals surface area contributed by atoms with Gasteiger partial charge in [-0.2, -0.15) is 0 Å². The molecule has 0 atom stereocenters. The Labute approximate surface area is 119 Å². The van der Waals surface area contributed by atoms with Crippen LogP contribution in [0.15, 0.2) is 48.5 Å². The molecule has 0 aliphatic rings. The second-order valence-corrected chi connectivity index (χ2v) is 4.74. The van der Waals surface area contributed by atoms with Crippen LogP contribution >= 0.6 is 0 Å². The molecule has 0 fully saturated rings. The van der Waals surface area contributed by atoms with E-state index in [9.17, 15) is 4.79 Å². The zero-order chi connectivity index (χ0) is 14.5. The molecule has 0 bridgehead atoms. The first-order valence-corrected chi connectivity index (χ1v) is 6.54. The number of allylic oxidation sites excluding steroid dienone is 1. The van der Waals surface area contributed by atoms with E-state index in [0.717, 1.165) is 22.4 Å². The Morgan fingerprint density at radius 2 is 1.80 bits per heavy atom. The van der Waals surface area contributed by atoms with E-state index in [2.05, 4.69) is 0 Å². The van der Waals surface area contributed by atoms with Gasteiger partial charge in [-0.1, -0.05) is 30.3 Å². The number of ether oxygens (including phenoxy) is 1. The molecule has 2 aromatic rings. The summed E-state index contributed by atoms with van der Waals surface area (Å²) in [4.78, 5) is 12.2. The minimum absolute atomic E-state index is 0.000920. The molecule has 0 saturated carbocycles. The van der Waals surface area contributed by atoms with Gasteiger partial charge in [0.2, 0.25) is 0 Å². The van der Waals surface area contributed by atoms with Crippen LogP contribution in [-0.4, -0.2) is 12.9 Å². The van der Waals surface area contributed by atoms with Gasteiger partial charge >= 0.3 is 0 Å². The predicted molar refractivity (Wildman–Crippen MR) is 82.3 cm³/mol. The van der Waals surface area contributed by atoms with E-state index in [1.807, 2.05) is 56.3 Å². The molecule has 0 unspecified atom stereocenters. The first-order valence-electron chi connectivity index (χ1n) is 6.54. The maximum Gasteiger partial charge on any atom is 0.185 e. The van der Waals surface area contributed by atoms with Crippen molar-refractivity contribution in [3.63, 3.8) is 0 Å². The number of hydrogen-bond donors (Lipinski definition) is 0. The number of rotatable bonds is 4. The molecule has 2 nitrogen and oxygen atoms in total. The Bertz CT molecular complexity index is 654. The van der Waals surface area contributed by atoms with Crippen molar-refractivity contribution in [1.82, 2.24) is 0 Å². The van der Waals surface area contributed by atoms with Crippen LogP contribution in [-0.2, 0) is 0 Å². The number of ketones is 1. The van der Waals surface area contributed by atoms with Gasteiger partial charge in [0.25, 0.3) is 0 Å². The largest absolute Gasteiger partial charge is 0.496 e. The van der Waals surface area contributed by atoms with Crippen molar-refractivity contribution in [2.24, 2.45) is 0 Å². The summed E-state index contributed by atoms with van der Waals surface area (Å²) < 4.78 is 5.20. The average Bonchev–Trinajstić information content (AvgIpc) is 2.46. The lowest BCUT2D eigenvalue weighted by Crippen LogP contribution is -1.96. The lowest BCUT2D eigenvalue weighted by atomic mass is 10.0. The Balaban J connectivity index is 2.20. The first kappa shape index (κ1) is 14.1. The maximum absolute atomic E-state index is 12.2. The van der Waals surface area contributed by atoms with E-state index >= 15 is 0 Å². The van der Waals surface area contributed by atoms with Crippen molar-refractivity contribution in [2.75, 3.05) is 7.11 Å². The third kappa shape index (κ3) is 3.15. The summed E-state index contributed by atoms with van der Waals surface area (Å²) in [7, 11) is 1.63. The summed E-state index contributed by atoms with van der Waals surface area (Å²) in [5.74, 6) is 0.795. The van der Waals surface area contributed by atoms with Crippen molar-refractivity contribution in [2.45, 2.75) is 13.8 Å². The summed E-state index contributed by atoms with van der Waals surface area (Å²) in [6, 6.07) is 13.4. The first-order chi connectivity index (χ1) is 9.61. The van der Waals surface area contributed by atoms with Gasteiger partial charge in [-0.25, -0.2) is 0 Å². The Morgan fingerprint density at radius 1 is 1.05 bits per heavy atom. The minimum Gasteiger partial charge on any atom is -0.496 e. The Kier molecular flexibility index (Phi) is 4.36. The van der Waals surface area contributed by atoms with Crippen molar-refractivity contribution >= 4 is 11.9 Å². The van der Waals surface area contributed by atoms with Gasteiger partial charge in [-0.15, -0.1) is 0 Å². The molecule has 20 heavy (non-hydrogen) atoms. The summed E-state index contributed by atoms with van der Waals surface area (Å²) >= 11 is 0. The number of benzene rings is 2. The van der Waals surface area contributed by atoms with Gasteiger partial charge in [0.15, 0.2) is 5.78 Å². The van der Waals surface area contributed by atoms with Gasteiger partial charge in [0.05, 0.1) is 7.11 Å². The normalized spacial score (nSPS) is 10.8. The number of aryl methyl sites for hydroxylation is 2. The summed E-state index contributed by atoms with van der Waals surface area (Å²) in [5.41, 5.74) is 3.85. The summed E-state index contributed by atoms with van der Waals surface area (Å²) in [6.45, 7) is 3.96. The van der Waals surface area contributed by atoms with E-state index in [1.54, 1.807) is 19.3 Å². The monoisotopic (exact) mass is 266 g/mol. The van der Waals surface area contributed by atoms with Crippen LogP contribution in [0.25, 0.3) is 6.08 Å². The molecule has 0 N–H and O–H groups in total. The highest BCUT2D eigenvalue weighted by Crippen LogP contribution is 2.19. The van der Waals surface area contributed by atoms with E-state index in [4.69, 9.17) is 4.74 Å². The number of carbonyl (C=O) groups is 1. The molecule has 2 aromatic carbocycles. The number of methoxy groups -OCH3 is 1. The van der Waals surface area contributed by atoms with Gasteiger partial charge < -0.3 is 4.74 Å². The highest BCUT2D eigenvalue weighted by Gasteiger charge is 2.05. The van der Waals surface area contributed by atoms with Gasteiger partial charge in [-0.05, 0) is 54.8 Å². The zero-order valence-corrected chi connectivity index (χ0v) is 12.0. The van der Waals surface area contributed by atoms with Gasteiger partial charge in [-0.3, -0.25) is 4.79 Å². The van der Waals surface area contributed by atoms with Crippen LogP contribution in [0, 0.1) is 13.8 Å². The Hall–Kier alpha value is -2.35. The number of carbonyl (C=O) groups excluding carboxylic acids is 1. The van der Waals surface area contributed by atoms with Crippen molar-refractivity contribution in [1.29, 1.82) is 0 Å². The second-order valence-electron chi connectivity index (χ2n) is 4.74. The third-order valence-corrected chi connectivity index (χ3v) is 3.28. The topological polar surface area (TPSA) is 26.3 Å². The van der Waals surface area contributed by atoms with Crippen LogP contribution < -0.4 is 4.74 Å². The SMILES string of the molecule is COc1ccc(C(=O)/C=C/c2ccccc2C)cc1C. The summed E-state index contributed by atoms with van der Waals surface area (Å²) in [5, 5.41) is 0. The minimum atomic E-state index is -0.000920. The fraction of sp³-hybridized carbons (Fsp3) is 0.167. The van der Waals surface area contributed by atoms with Crippen molar-refractivity contribution in [3.05, 3.63) is 70.8 Å². The quantitative estimate of drug-likeness (QED) is 0.612. The molecule has 102 valence electrons. The third-order valence-electron chi connectivity index (χ3n) is 3.28. The van der Waals surface area contributed by atoms with Gasteiger partial charge in [0, 0.05) is 5.56 Å². The predicted octanol–water partition coefficient (Wildman–Crippen LogP) is 4.21. The van der Waals surface area contributed by atoms with E-state index in [1.165, 1.54) is 0 Å². The fourth-order valence-electron chi connectivity index (χ4n) is 2.07. The highest BCUT2D eigenvalue weighted by molar-refractivity contribution is 6.07. The van der Waals surface area contributed by atoms with Gasteiger partial charge in [0.1, 0.15) is 5.75 Å². The summed E-state index contributed by atoms with van der Waals surface area (Å²) in [6.07, 6.45) is 3.47. The smallest absolute Gasteiger partial charge is 0.185 e. The highest BCUT2D eigenvalue weighted by atomic mass is 16.5. The molecule has 0 radical (unpaired) electrons. The molecule has 0 aliphatic carbocycles. The molecule has 0 heterocycles. The van der Waals surface area contributed by atoms with Crippen LogP contribution in [0.2, 0.25) is 0 Å². The van der Waals surface area contributed by atoms with Crippen molar-refractivity contribution < 1.29 is 9.53 Å². The Morgan fingerprint density at radius 3 is 2.45 bits per heavy atom. The molecule has 0 saturated heterocycles. The van der Waals surface area contributed by atoms with Crippen LogP contribution in [0.1, 0.15) is 27.0 Å². The molecule has 2 heteroatoms. The molecule has 0 aliphatic heterocycles. The molecule has 0 aromatic heterocycles. The lowest BCUT2D eigenvalue weighted by Gasteiger charge is -2.05.